The summed E-state index contributed by atoms with van der Waals surface area (Å²) >= 11 is 0. The van der Waals surface area contributed by atoms with Crippen LogP contribution in [0.5, 0.6) is 0 Å². The van der Waals surface area contributed by atoms with Crippen molar-refractivity contribution in [3.63, 3.8) is 0 Å². The summed E-state index contributed by atoms with van der Waals surface area (Å²) in [5.41, 5.74) is 0. The normalized spacial score (nSPS) is 9.00. The van der Waals surface area contributed by atoms with Gasteiger partial charge in [0.2, 0.25) is 0 Å². The van der Waals surface area contributed by atoms with Gasteiger partial charge in [-0.2, -0.15) is 0 Å². The van der Waals surface area contributed by atoms with E-state index in [-0.39, 0.29) is 68.2 Å². The van der Waals surface area contributed by atoms with Gasteiger partial charge in [0.25, 0.3) is 0 Å². The van der Waals surface area contributed by atoms with E-state index in [0.29, 0.717) is 0 Å². The van der Waals surface area contributed by atoms with Gasteiger partial charge >= 0.3 is 0 Å². The molecule has 0 amide bonds. The summed E-state index contributed by atoms with van der Waals surface area (Å²) in [6.45, 7) is 6.07. The molecule has 0 aliphatic rings. The summed E-state index contributed by atoms with van der Waals surface area (Å²) in [4.78, 5) is 0. The maximum Gasteiger partial charge on any atom is 0.0836 e. The van der Waals surface area contributed by atoms with Gasteiger partial charge in [-0.15, -0.1) is 0 Å². The van der Waals surface area contributed by atoms with E-state index in [1.807, 2.05) is 0 Å². The smallest absolute Gasteiger partial charge is 0.0836 e. The number of hydrogen-bond donors (Lipinski definition) is 0. The Morgan fingerprint density at radius 3 is 1.28 bits per heavy atom. The van der Waals surface area contributed by atoms with Gasteiger partial charge in [-0.1, -0.05) is 22.3 Å². The van der Waals surface area contributed by atoms with Gasteiger partial charge in [0.05, 0.1) is 54.9 Å². The molecule has 18 heavy (non-hydrogen) atoms. The summed E-state index contributed by atoms with van der Waals surface area (Å²) < 4.78 is 2.24. The fourth-order valence-electron chi connectivity index (χ4n) is 1.13. The van der Waals surface area contributed by atoms with E-state index >= 15 is 0 Å². The van der Waals surface area contributed by atoms with Crippen molar-refractivity contribution in [3.8, 4) is 0 Å². The molecule has 5 heteroatoms. The molecule has 0 fully saturated rings. The average Bonchev–Trinajstić information content (AvgIpc) is 1.84. The minimum absolute atomic E-state index is 0. The molecular formula is C13H38Cl2N2W. The molecule has 0 saturated carbocycles. The van der Waals surface area contributed by atoms with Gasteiger partial charge in [-0.05, 0) is 6.92 Å². The summed E-state index contributed by atoms with van der Waals surface area (Å²) in [5.74, 6) is 0. The topological polar surface area (TPSA) is 0 Å². The molecule has 0 aliphatic carbocycles. The number of halogens is 2. The van der Waals surface area contributed by atoms with E-state index in [1.165, 1.54) is 26.1 Å². The van der Waals surface area contributed by atoms with Crippen LogP contribution in [0.3, 0.4) is 0 Å². The van der Waals surface area contributed by atoms with Crippen LogP contribution in [0.2, 0.25) is 0 Å². The minimum atomic E-state index is 0. The summed E-state index contributed by atoms with van der Waals surface area (Å²) in [7, 11) is 11.4. The number of hydrogen-bond acceptors (Lipinski definition) is 0. The molecule has 0 heterocycles. The van der Waals surface area contributed by atoms with Crippen molar-refractivity contribution >= 4 is 0 Å². The van der Waals surface area contributed by atoms with Crippen molar-refractivity contribution in [2.24, 2.45) is 0 Å². The summed E-state index contributed by atoms with van der Waals surface area (Å²) in [6, 6.07) is 0. The second kappa shape index (κ2) is 18.2. The molecule has 0 bridgehead atoms. The Labute approximate surface area is 145 Å². The van der Waals surface area contributed by atoms with Gasteiger partial charge in [0, 0.05) is 27.5 Å². The van der Waals surface area contributed by atoms with Gasteiger partial charge in [-0.25, -0.2) is 0 Å². The SMILES string of the molecule is C.C.C.CC[N+](C)(C)CCC[N+](C)(C)C.[Cl-].[Cl-].[W]. The largest absolute Gasteiger partial charge is 1.00 e. The molecule has 120 valence electrons. The van der Waals surface area contributed by atoms with Crippen LogP contribution in [0.25, 0.3) is 0 Å². The molecule has 0 saturated heterocycles. The molecule has 0 atom stereocenters. The molecule has 0 aromatic rings. The van der Waals surface area contributed by atoms with Crippen molar-refractivity contribution in [2.75, 3.05) is 54.9 Å². The Morgan fingerprint density at radius 2 is 1.06 bits per heavy atom. The second-order valence-corrected chi connectivity index (χ2v) is 5.34. The third kappa shape index (κ3) is 30.3. The van der Waals surface area contributed by atoms with E-state index in [4.69, 9.17) is 0 Å². The fraction of sp³-hybridized carbons (Fsp3) is 1.00. The molecular weight excluding hydrogens is 439 g/mol. The first-order valence-corrected chi connectivity index (χ1v) is 4.89. The zero-order valence-corrected chi connectivity index (χ0v) is 15.3. The van der Waals surface area contributed by atoms with Crippen LogP contribution in [-0.4, -0.2) is 63.8 Å². The fourth-order valence-corrected chi connectivity index (χ4v) is 1.13. The van der Waals surface area contributed by atoms with E-state index < -0.39 is 0 Å². The van der Waals surface area contributed by atoms with E-state index in [2.05, 4.69) is 42.2 Å². The van der Waals surface area contributed by atoms with Crippen LogP contribution in [0.4, 0.5) is 0 Å². The predicted molar refractivity (Wildman–Crippen MR) is 75.2 cm³/mol. The van der Waals surface area contributed by atoms with Gasteiger partial charge in [0.1, 0.15) is 0 Å². The number of quaternary nitrogens is 2. The molecule has 0 aromatic carbocycles. The summed E-state index contributed by atoms with van der Waals surface area (Å²) in [5, 5.41) is 0. The number of nitrogens with zero attached hydrogens (tertiary/aromatic N) is 2. The molecule has 0 aromatic heterocycles. The molecule has 0 N–H and O–H groups in total. The Kier molecular flexibility index (Phi) is 43.2. The van der Waals surface area contributed by atoms with E-state index in [9.17, 15) is 0 Å². The first kappa shape index (κ1) is 42.7. The molecule has 0 spiro atoms. The van der Waals surface area contributed by atoms with Crippen LogP contribution < -0.4 is 24.8 Å². The Balaban J connectivity index is -0.0000000403. The monoisotopic (exact) mass is 476 g/mol. The van der Waals surface area contributed by atoms with Crippen molar-refractivity contribution in [3.05, 3.63) is 0 Å². The quantitative estimate of drug-likeness (QED) is 0.373. The van der Waals surface area contributed by atoms with Crippen molar-refractivity contribution in [2.45, 2.75) is 35.6 Å². The van der Waals surface area contributed by atoms with Gasteiger partial charge in [-0.3, -0.25) is 0 Å². The molecule has 0 unspecified atom stereocenters. The first-order valence-electron chi connectivity index (χ1n) is 4.89. The average molecular weight is 477 g/mol. The van der Waals surface area contributed by atoms with Crippen LogP contribution in [0, 0.1) is 0 Å². The van der Waals surface area contributed by atoms with E-state index in [1.54, 1.807) is 0 Å². The Morgan fingerprint density at radius 1 is 0.722 bits per heavy atom. The van der Waals surface area contributed by atoms with Gasteiger partial charge in [0.15, 0.2) is 0 Å². The molecule has 2 nitrogen and oxygen atoms in total. The van der Waals surface area contributed by atoms with Crippen LogP contribution in [0.1, 0.15) is 35.6 Å². The molecule has 0 rings (SSSR count). The Hall–Kier alpha value is 1.19. The third-order valence-electron chi connectivity index (χ3n) is 2.45. The Bertz CT molecular complexity index is 137. The predicted octanol–water partition coefficient (Wildman–Crippen LogP) is -2.91. The first-order chi connectivity index (χ1) is 5.27. The molecule has 0 aliphatic heterocycles. The third-order valence-corrected chi connectivity index (χ3v) is 2.45. The minimum Gasteiger partial charge on any atom is -1.00 e. The standard InChI is InChI=1S/C10H26N2.3CH4.2ClH.W/c1-7-12(5,6)10-8-9-11(2,3)4;;;;;;/h7-10H2,1-6H3;3*1H4;2*1H;/q+2;;;;;;/p-2. The zero-order chi connectivity index (χ0) is 9.83. The number of rotatable bonds is 5. The van der Waals surface area contributed by atoms with E-state index in [0.717, 1.165) is 8.97 Å². The summed E-state index contributed by atoms with van der Waals surface area (Å²) in [6.07, 6.45) is 1.32. The van der Waals surface area contributed by atoms with Crippen LogP contribution in [-0.2, 0) is 21.1 Å². The van der Waals surface area contributed by atoms with Gasteiger partial charge < -0.3 is 33.8 Å². The van der Waals surface area contributed by atoms with Crippen LogP contribution in [0.15, 0.2) is 0 Å². The molecule has 0 radical (unpaired) electrons. The maximum atomic E-state index is 2.30. The van der Waals surface area contributed by atoms with Crippen molar-refractivity contribution in [1.29, 1.82) is 0 Å². The maximum absolute atomic E-state index is 2.30. The van der Waals surface area contributed by atoms with Crippen LogP contribution >= 0.6 is 0 Å². The van der Waals surface area contributed by atoms with Crippen molar-refractivity contribution < 1.29 is 54.8 Å². The van der Waals surface area contributed by atoms with Crippen molar-refractivity contribution in [1.82, 2.24) is 0 Å². The zero-order valence-electron chi connectivity index (χ0n) is 10.9. The second-order valence-electron chi connectivity index (χ2n) is 5.34.